The first-order chi connectivity index (χ1) is 10.9. The van der Waals surface area contributed by atoms with E-state index in [0.29, 0.717) is 11.7 Å². The quantitative estimate of drug-likeness (QED) is 0.728. The summed E-state index contributed by atoms with van der Waals surface area (Å²) in [5, 5.41) is 10.6. The van der Waals surface area contributed by atoms with E-state index in [1.807, 2.05) is 6.07 Å². The van der Waals surface area contributed by atoms with E-state index in [-0.39, 0.29) is 11.0 Å². The number of benzene rings is 1. The number of rotatable bonds is 4. The first-order valence-corrected chi connectivity index (χ1v) is 9.39. The number of aryl methyl sites for hydroxylation is 1. The molecule has 1 aromatic carbocycles. The zero-order valence-corrected chi connectivity index (χ0v) is 15.2. The highest BCUT2D eigenvalue weighted by Gasteiger charge is 2.51. The molecule has 0 bridgehead atoms. The van der Waals surface area contributed by atoms with Crippen LogP contribution in [0.15, 0.2) is 12.1 Å². The normalized spacial score (nSPS) is 28.6. The van der Waals surface area contributed by atoms with Crippen molar-refractivity contribution in [2.45, 2.75) is 84.7 Å². The van der Waals surface area contributed by atoms with Crippen LogP contribution in [0.3, 0.4) is 0 Å². The van der Waals surface area contributed by atoms with Crippen molar-refractivity contribution in [1.29, 1.82) is 0 Å². The first kappa shape index (κ1) is 16.7. The van der Waals surface area contributed by atoms with Gasteiger partial charge in [0.2, 0.25) is 0 Å². The molecule has 0 saturated heterocycles. The summed E-state index contributed by atoms with van der Waals surface area (Å²) in [6.07, 6.45) is 9.24. The van der Waals surface area contributed by atoms with Crippen LogP contribution in [0.1, 0.15) is 77.3 Å². The number of ether oxygens (including phenoxy) is 1. The van der Waals surface area contributed by atoms with Gasteiger partial charge in [0.1, 0.15) is 17.1 Å². The summed E-state index contributed by atoms with van der Waals surface area (Å²) >= 11 is 0. The third-order valence-corrected chi connectivity index (χ3v) is 6.24. The van der Waals surface area contributed by atoms with Crippen molar-refractivity contribution in [2.75, 3.05) is 0 Å². The van der Waals surface area contributed by atoms with Gasteiger partial charge in [0, 0.05) is 11.5 Å². The summed E-state index contributed by atoms with van der Waals surface area (Å²) in [5.74, 6) is 1.86. The van der Waals surface area contributed by atoms with Crippen LogP contribution in [-0.2, 0) is 12.8 Å². The van der Waals surface area contributed by atoms with E-state index in [0.717, 1.165) is 30.6 Å². The standard InChI is InChI=1S/C21H32O2/c1-5-6-7-9-15-12-17(22)16-14-19-20(2,3)10-8-11-21(19,4)23-18(16)13-15/h12-13,19,22H,5-11,14H2,1-4H3/t19-,21+/m1/s1. The maximum absolute atomic E-state index is 10.6. The molecule has 1 saturated carbocycles. The minimum Gasteiger partial charge on any atom is -0.508 e. The van der Waals surface area contributed by atoms with E-state index in [1.54, 1.807) is 0 Å². The largest absolute Gasteiger partial charge is 0.508 e. The van der Waals surface area contributed by atoms with Crippen LogP contribution < -0.4 is 4.74 Å². The van der Waals surface area contributed by atoms with Gasteiger partial charge in [-0.3, -0.25) is 0 Å². The number of fused-ring (bicyclic) bond motifs is 2. The fraction of sp³-hybridized carbons (Fsp3) is 0.714. The summed E-state index contributed by atoms with van der Waals surface area (Å²) in [7, 11) is 0. The van der Waals surface area contributed by atoms with Gasteiger partial charge in [-0.15, -0.1) is 0 Å². The van der Waals surface area contributed by atoms with Gasteiger partial charge in [-0.25, -0.2) is 0 Å². The average molecular weight is 316 g/mol. The molecule has 0 spiro atoms. The third kappa shape index (κ3) is 3.09. The number of phenolic OH excluding ortho intramolecular Hbond substituents is 1. The maximum atomic E-state index is 10.6. The topological polar surface area (TPSA) is 29.5 Å². The Morgan fingerprint density at radius 2 is 1.96 bits per heavy atom. The minimum absolute atomic E-state index is 0.0801. The van der Waals surface area contributed by atoms with Crippen LogP contribution >= 0.6 is 0 Å². The fourth-order valence-corrected chi connectivity index (χ4v) is 4.85. The predicted molar refractivity (Wildman–Crippen MR) is 95.2 cm³/mol. The van der Waals surface area contributed by atoms with Crippen molar-refractivity contribution in [3.63, 3.8) is 0 Å². The molecular weight excluding hydrogens is 284 g/mol. The monoisotopic (exact) mass is 316 g/mol. The number of hydrogen-bond donors (Lipinski definition) is 1. The van der Waals surface area contributed by atoms with Crippen LogP contribution in [0.25, 0.3) is 0 Å². The fourth-order valence-electron chi connectivity index (χ4n) is 4.85. The molecule has 0 aromatic heterocycles. The van der Waals surface area contributed by atoms with E-state index >= 15 is 0 Å². The van der Waals surface area contributed by atoms with Gasteiger partial charge in [-0.1, -0.05) is 33.6 Å². The third-order valence-electron chi connectivity index (χ3n) is 6.24. The SMILES string of the molecule is CCCCCc1cc(O)c2c(c1)O[C@@]1(C)CCCC(C)(C)[C@H]1C2. The molecule has 128 valence electrons. The van der Waals surface area contributed by atoms with Crippen molar-refractivity contribution in [3.8, 4) is 11.5 Å². The Kier molecular flexibility index (Phi) is 4.37. The lowest BCUT2D eigenvalue weighted by Crippen LogP contribution is -2.53. The van der Waals surface area contributed by atoms with Crippen LogP contribution in [0.5, 0.6) is 11.5 Å². The molecule has 1 fully saturated rings. The van der Waals surface area contributed by atoms with Crippen LogP contribution in [-0.4, -0.2) is 10.7 Å². The van der Waals surface area contributed by atoms with Gasteiger partial charge in [-0.2, -0.15) is 0 Å². The second kappa shape index (κ2) is 6.03. The van der Waals surface area contributed by atoms with Gasteiger partial charge in [0.15, 0.2) is 0 Å². The Balaban J connectivity index is 1.90. The highest BCUT2D eigenvalue weighted by atomic mass is 16.5. The maximum Gasteiger partial charge on any atom is 0.127 e. The number of unbranched alkanes of at least 4 members (excludes halogenated alkanes) is 2. The summed E-state index contributed by atoms with van der Waals surface area (Å²) < 4.78 is 6.53. The minimum atomic E-state index is -0.0801. The zero-order valence-electron chi connectivity index (χ0n) is 15.2. The van der Waals surface area contributed by atoms with Gasteiger partial charge in [-0.05, 0) is 68.6 Å². The summed E-state index contributed by atoms with van der Waals surface area (Å²) in [5.41, 5.74) is 2.44. The molecule has 0 unspecified atom stereocenters. The van der Waals surface area contributed by atoms with Gasteiger partial charge in [0.25, 0.3) is 0 Å². The highest BCUT2D eigenvalue weighted by molar-refractivity contribution is 5.49. The molecule has 23 heavy (non-hydrogen) atoms. The van der Waals surface area contributed by atoms with E-state index in [1.165, 1.54) is 37.7 Å². The Morgan fingerprint density at radius 1 is 1.17 bits per heavy atom. The van der Waals surface area contributed by atoms with Crippen molar-refractivity contribution in [1.82, 2.24) is 0 Å². The molecule has 1 heterocycles. The molecule has 1 aromatic rings. The molecule has 2 atom stereocenters. The molecule has 1 aliphatic carbocycles. The number of phenols is 1. The van der Waals surface area contributed by atoms with Gasteiger partial charge < -0.3 is 9.84 Å². The first-order valence-electron chi connectivity index (χ1n) is 9.39. The second-order valence-electron chi connectivity index (χ2n) is 8.56. The lowest BCUT2D eigenvalue weighted by molar-refractivity contribution is -0.0820. The number of hydrogen-bond acceptors (Lipinski definition) is 2. The van der Waals surface area contributed by atoms with E-state index < -0.39 is 0 Å². The van der Waals surface area contributed by atoms with Crippen LogP contribution in [0, 0.1) is 11.3 Å². The molecule has 3 rings (SSSR count). The average Bonchev–Trinajstić information content (AvgIpc) is 2.45. The molecule has 2 aliphatic rings. The van der Waals surface area contributed by atoms with Crippen LogP contribution in [0.4, 0.5) is 0 Å². The highest BCUT2D eigenvalue weighted by Crippen LogP contribution is 2.54. The molecule has 1 N–H and O–H groups in total. The summed E-state index contributed by atoms with van der Waals surface area (Å²) in [6, 6.07) is 4.16. The van der Waals surface area contributed by atoms with Crippen molar-refractivity contribution in [3.05, 3.63) is 23.3 Å². The predicted octanol–water partition coefficient (Wildman–Crippen LogP) is 5.64. The Morgan fingerprint density at radius 3 is 2.70 bits per heavy atom. The van der Waals surface area contributed by atoms with E-state index in [4.69, 9.17) is 4.74 Å². The van der Waals surface area contributed by atoms with Gasteiger partial charge >= 0.3 is 0 Å². The molecule has 1 aliphatic heterocycles. The lowest BCUT2D eigenvalue weighted by Gasteiger charge is -2.53. The zero-order chi connectivity index (χ0) is 16.7. The van der Waals surface area contributed by atoms with Gasteiger partial charge in [0.05, 0.1) is 0 Å². The van der Waals surface area contributed by atoms with E-state index in [9.17, 15) is 5.11 Å². The van der Waals surface area contributed by atoms with Crippen molar-refractivity contribution >= 4 is 0 Å². The summed E-state index contributed by atoms with van der Waals surface area (Å²) in [6.45, 7) is 9.22. The molecule has 0 amide bonds. The van der Waals surface area contributed by atoms with Crippen molar-refractivity contribution < 1.29 is 9.84 Å². The molecule has 2 heteroatoms. The number of aromatic hydroxyl groups is 1. The lowest BCUT2D eigenvalue weighted by atomic mass is 9.59. The molecule has 2 nitrogen and oxygen atoms in total. The Bertz CT molecular complexity index is 575. The smallest absolute Gasteiger partial charge is 0.127 e. The Hall–Kier alpha value is -1.18. The van der Waals surface area contributed by atoms with Crippen LogP contribution in [0.2, 0.25) is 0 Å². The Labute approximate surface area is 141 Å². The molecule has 0 radical (unpaired) electrons. The molecular formula is C21H32O2. The van der Waals surface area contributed by atoms with E-state index in [2.05, 4.69) is 33.8 Å². The summed E-state index contributed by atoms with van der Waals surface area (Å²) in [4.78, 5) is 0. The van der Waals surface area contributed by atoms with Crippen molar-refractivity contribution in [2.24, 2.45) is 11.3 Å². The second-order valence-corrected chi connectivity index (χ2v) is 8.56.